The molecule has 26 heavy (non-hydrogen) atoms. The maximum absolute atomic E-state index is 5.49. The van der Waals surface area contributed by atoms with E-state index in [1.165, 1.54) is 5.56 Å². The molecule has 0 saturated heterocycles. The highest BCUT2D eigenvalue weighted by Gasteiger charge is 2.10. The van der Waals surface area contributed by atoms with Gasteiger partial charge >= 0.3 is 0 Å². The third kappa shape index (κ3) is 5.79. The number of aliphatic imine (C=N–C) groups is 1. The molecule has 0 unspecified atom stereocenters. The van der Waals surface area contributed by atoms with Crippen molar-refractivity contribution in [1.29, 1.82) is 0 Å². The van der Waals surface area contributed by atoms with E-state index in [9.17, 15) is 0 Å². The summed E-state index contributed by atoms with van der Waals surface area (Å²) in [4.78, 5) is 6.77. The average molecular weight is 358 g/mol. The topological polar surface area (TPSA) is 62.9 Å². The van der Waals surface area contributed by atoms with Crippen molar-refractivity contribution in [2.75, 3.05) is 20.2 Å². The molecule has 1 N–H and O–H groups in total. The van der Waals surface area contributed by atoms with Crippen LogP contribution in [0.15, 0.2) is 39.8 Å². The van der Waals surface area contributed by atoms with E-state index < -0.39 is 0 Å². The maximum Gasteiger partial charge on any atom is 0.194 e. The van der Waals surface area contributed by atoms with Gasteiger partial charge in [-0.1, -0.05) is 31.1 Å². The van der Waals surface area contributed by atoms with Gasteiger partial charge < -0.3 is 19.5 Å². The van der Waals surface area contributed by atoms with E-state index in [1.54, 1.807) is 0 Å². The number of nitrogens with zero attached hydrogens (tertiary/aromatic N) is 3. The quantitative estimate of drug-likeness (QED) is 0.574. The van der Waals surface area contributed by atoms with Gasteiger partial charge in [0.05, 0.1) is 12.3 Å². The smallest absolute Gasteiger partial charge is 0.194 e. The molecule has 0 bridgehead atoms. The lowest BCUT2D eigenvalue weighted by molar-refractivity contribution is 0.340. The molecule has 1 aromatic heterocycles. The fraction of sp³-hybridized carbons (Fsp3) is 0.500. The number of guanidine groups is 1. The summed E-state index contributed by atoms with van der Waals surface area (Å²) in [6.45, 7) is 10.9. The standard InChI is InChI=1S/C20H30N4O2/c1-6-21-20(22-13-18-12-19(15(3)4)23-26-18)24(5)14-16-8-10-17(11-9-16)25-7-2/h8-12,15H,6-7,13-14H2,1-5H3,(H,21,22). The van der Waals surface area contributed by atoms with Gasteiger partial charge in [0, 0.05) is 26.2 Å². The first-order chi connectivity index (χ1) is 12.5. The normalized spacial score (nSPS) is 11.7. The Morgan fingerprint density at radius 2 is 2.00 bits per heavy atom. The largest absolute Gasteiger partial charge is 0.494 e. The summed E-state index contributed by atoms with van der Waals surface area (Å²) in [6, 6.07) is 10.1. The Balaban J connectivity index is 2.01. The van der Waals surface area contributed by atoms with E-state index in [0.717, 1.165) is 36.3 Å². The van der Waals surface area contributed by atoms with E-state index in [-0.39, 0.29) is 0 Å². The second-order valence-electron chi connectivity index (χ2n) is 6.48. The van der Waals surface area contributed by atoms with E-state index in [1.807, 2.05) is 32.2 Å². The summed E-state index contributed by atoms with van der Waals surface area (Å²) in [5.74, 6) is 2.86. The van der Waals surface area contributed by atoms with Gasteiger partial charge in [0.15, 0.2) is 11.7 Å². The zero-order valence-electron chi connectivity index (χ0n) is 16.5. The Morgan fingerprint density at radius 1 is 1.27 bits per heavy atom. The van der Waals surface area contributed by atoms with E-state index in [2.05, 4.69) is 53.3 Å². The number of hydrogen-bond acceptors (Lipinski definition) is 4. The predicted molar refractivity (Wildman–Crippen MR) is 104 cm³/mol. The van der Waals surface area contributed by atoms with Crippen molar-refractivity contribution in [3.8, 4) is 5.75 Å². The molecule has 0 aliphatic heterocycles. The Morgan fingerprint density at radius 3 is 2.58 bits per heavy atom. The zero-order chi connectivity index (χ0) is 18.9. The van der Waals surface area contributed by atoms with E-state index >= 15 is 0 Å². The molecule has 0 saturated carbocycles. The lowest BCUT2D eigenvalue weighted by Crippen LogP contribution is -2.38. The first-order valence-corrected chi connectivity index (χ1v) is 9.20. The fourth-order valence-corrected chi connectivity index (χ4v) is 2.50. The van der Waals surface area contributed by atoms with Crippen LogP contribution in [0.3, 0.4) is 0 Å². The Hall–Kier alpha value is -2.50. The van der Waals surface area contributed by atoms with Crippen LogP contribution >= 0.6 is 0 Å². The van der Waals surface area contributed by atoms with Crippen molar-refractivity contribution in [1.82, 2.24) is 15.4 Å². The van der Waals surface area contributed by atoms with Crippen molar-refractivity contribution in [3.05, 3.63) is 47.3 Å². The molecule has 0 aliphatic rings. The zero-order valence-corrected chi connectivity index (χ0v) is 16.5. The summed E-state index contributed by atoms with van der Waals surface area (Å²) < 4.78 is 10.9. The Bertz CT molecular complexity index is 692. The second-order valence-corrected chi connectivity index (χ2v) is 6.48. The van der Waals surface area contributed by atoms with Crippen molar-refractivity contribution in [3.63, 3.8) is 0 Å². The number of aromatic nitrogens is 1. The molecule has 2 aromatic rings. The molecule has 6 nitrogen and oxygen atoms in total. The molecule has 0 spiro atoms. The van der Waals surface area contributed by atoms with Crippen molar-refractivity contribution >= 4 is 5.96 Å². The van der Waals surface area contributed by atoms with Crippen molar-refractivity contribution in [2.24, 2.45) is 4.99 Å². The first kappa shape index (κ1) is 19.8. The minimum Gasteiger partial charge on any atom is -0.494 e. The van der Waals surface area contributed by atoms with Crippen LogP contribution in [0, 0.1) is 0 Å². The van der Waals surface area contributed by atoms with Crippen LogP contribution < -0.4 is 10.1 Å². The maximum atomic E-state index is 5.49. The Labute approximate surface area is 156 Å². The summed E-state index contributed by atoms with van der Waals surface area (Å²) >= 11 is 0. The number of hydrogen-bond donors (Lipinski definition) is 1. The highest BCUT2D eigenvalue weighted by Crippen LogP contribution is 2.15. The number of nitrogens with one attached hydrogen (secondary N) is 1. The van der Waals surface area contributed by atoms with Gasteiger partial charge in [-0.15, -0.1) is 0 Å². The van der Waals surface area contributed by atoms with Gasteiger partial charge in [0.2, 0.25) is 0 Å². The van der Waals surface area contributed by atoms with Crippen LogP contribution in [-0.2, 0) is 13.1 Å². The van der Waals surface area contributed by atoms with Gasteiger partial charge in [-0.2, -0.15) is 0 Å². The van der Waals surface area contributed by atoms with Crippen molar-refractivity contribution in [2.45, 2.75) is 46.7 Å². The monoisotopic (exact) mass is 358 g/mol. The fourth-order valence-electron chi connectivity index (χ4n) is 2.50. The molecule has 1 aromatic carbocycles. The molecule has 2 rings (SSSR count). The van der Waals surface area contributed by atoms with Crippen LogP contribution in [0.5, 0.6) is 5.75 Å². The summed E-state index contributed by atoms with van der Waals surface area (Å²) in [5, 5.41) is 7.41. The minimum atomic E-state index is 0.354. The molecular formula is C20H30N4O2. The molecule has 142 valence electrons. The van der Waals surface area contributed by atoms with Gasteiger partial charge in [0.25, 0.3) is 0 Å². The van der Waals surface area contributed by atoms with Crippen LogP contribution in [0.1, 0.15) is 50.6 Å². The van der Waals surface area contributed by atoms with Crippen LogP contribution in [-0.4, -0.2) is 36.2 Å². The third-order valence-electron chi connectivity index (χ3n) is 3.90. The lowest BCUT2D eigenvalue weighted by Gasteiger charge is -2.22. The molecule has 0 amide bonds. The summed E-state index contributed by atoms with van der Waals surface area (Å²) in [7, 11) is 2.03. The van der Waals surface area contributed by atoms with Gasteiger partial charge in [-0.05, 0) is 37.5 Å². The van der Waals surface area contributed by atoms with Gasteiger partial charge in [-0.3, -0.25) is 0 Å². The summed E-state index contributed by atoms with van der Waals surface area (Å²) in [5.41, 5.74) is 2.16. The number of benzene rings is 1. The van der Waals surface area contributed by atoms with Crippen LogP contribution in [0.25, 0.3) is 0 Å². The predicted octanol–water partition coefficient (Wildman–Crippen LogP) is 3.79. The molecule has 1 heterocycles. The number of ether oxygens (including phenoxy) is 1. The highest BCUT2D eigenvalue weighted by atomic mass is 16.5. The van der Waals surface area contributed by atoms with E-state index in [4.69, 9.17) is 9.26 Å². The average Bonchev–Trinajstić information content (AvgIpc) is 3.10. The van der Waals surface area contributed by atoms with E-state index in [0.29, 0.717) is 19.1 Å². The molecular weight excluding hydrogens is 328 g/mol. The SMILES string of the molecule is CCNC(=NCc1cc(C(C)C)no1)N(C)Cc1ccc(OCC)cc1. The number of rotatable bonds is 8. The highest BCUT2D eigenvalue weighted by molar-refractivity contribution is 5.79. The van der Waals surface area contributed by atoms with Crippen molar-refractivity contribution < 1.29 is 9.26 Å². The minimum absolute atomic E-state index is 0.354. The first-order valence-electron chi connectivity index (χ1n) is 9.20. The Kier molecular flexibility index (Phi) is 7.51. The van der Waals surface area contributed by atoms with Crippen LogP contribution in [0.4, 0.5) is 0 Å². The molecule has 0 radical (unpaired) electrons. The molecule has 0 fully saturated rings. The van der Waals surface area contributed by atoms with Crippen LogP contribution in [0.2, 0.25) is 0 Å². The second kappa shape index (κ2) is 9.85. The van der Waals surface area contributed by atoms with Gasteiger partial charge in [0.1, 0.15) is 12.3 Å². The van der Waals surface area contributed by atoms with Gasteiger partial charge in [-0.25, -0.2) is 4.99 Å². The molecule has 0 aliphatic carbocycles. The molecule has 6 heteroatoms. The third-order valence-corrected chi connectivity index (χ3v) is 3.90. The lowest BCUT2D eigenvalue weighted by atomic mass is 10.1. The summed E-state index contributed by atoms with van der Waals surface area (Å²) in [6.07, 6.45) is 0. The molecule has 0 atom stereocenters.